The van der Waals surface area contributed by atoms with Crippen molar-refractivity contribution in [3.05, 3.63) is 21.9 Å². The number of rotatable bonds is 3. The van der Waals surface area contributed by atoms with Crippen LogP contribution < -0.4 is 0 Å². The summed E-state index contributed by atoms with van der Waals surface area (Å²) < 4.78 is 0. The van der Waals surface area contributed by atoms with Gasteiger partial charge in [0.15, 0.2) is 0 Å². The number of piperidine rings is 1. The molecule has 2 nitrogen and oxygen atoms in total. The van der Waals surface area contributed by atoms with E-state index in [4.69, 9.17) is 0 Å². The number of aliphatic hydroxyl groups is 1. The fraction of sp³-hybridized carbons (Fsp3) is 0.692. The number of nitrogens with zero attached hydrogens (tertiary/aromatic N) is 1. The Kier molecular flexibility index (Phi) is 4.00. The van der Waals surface area contributed by atoms with Crippen molar-refractivity contribution < 1.29 is 5.11 Å². The van der Waals surface area contributed by atoms with E-state index in [-0.39, 0.29) is 6.10 Å². The Balaban J connectivity index is 1.90. The number of aliphatic hydroxyl groups excluding tert-OH is 1. The lowest BCUT2D eigenvalue weighted by molar-refractivity contribution is 0.0263. The molecule has 1 fully saturated rings. The molecule has 0 aromatic carbocycles. The Hall–Kier alpha value is -0.380. The van der Waals surface area contributed by atoms with Gasteiger partial charge in [-0.15, -0.1) is 11.3 Å². The van der Waals surface area contributed by atoms with Crippen LogP contribution in [0.15, 0.2) is 12.1 Å². The van der Waals surface area contributed by atoms with Crippen LogP contribution in [-0.2, 0) is 13.0 Å². The minimum atomic E-state index is -0.139. The molecule has 1 aromatic rings. The molecule has 0 radical (unpaired) electrons. The van der Waals surface area contributed by atoms with Crippen molar-refractivity contribution in [3.8, 4) is 0 Å². The van der Waals surface area contributed by atoms with Crippen molar-refractivity contribution >= 4 is 11.3 Å². The Morgan fingerprint density at radius 3 is 2.81 bits per heavy atom. The van der Waals surface area contributed by atoms with E-state index in [2.05, 4.69) is 30.9 Å². The third-order valence-electron chi connectivity index (χ3n) is 3.45. The van der Waals surface area contributed by atoms with Crippen LogP contribution in [0.1, 0.15) is 30.0 Å². The van der Waals surface area contributed by atoms with Gasteiger partial charge in [0.05, 0.1) is 6.10 Å². The standard InChI is InChI=1S/C13H21NOS/c1-3-11-4-5-12(16-11)8-14-7-6-10(2)13(15)9-14/h4-5,10,13,15H,3,6-9H2,1-2H3. The first-order chi connectivity index (χ1) is 7.69. The highest BCUT2D eigenvalue weighted by Crippen LogP contribution is 2.22. The normalized spacial score (nSPS) is 27.2. The van der Waals surface area contributed by atoms with Crippen LogP contribution in [0.2, 0.25) is 0 Å². The first-order valence-electron chi connectivity index (χ1n) is 6.17. The van der Waals surface area contributed by atoms with Crippen molar-refractivity contribution in [2.45, 2.75) is 39.3 Å². The van der Waals surface area contributed by atoms with Crippen molar-refractivity contribution in [2.75, 3.05) is 13.1 Å². The Morgan fingerprint density at radius 1 is 1.44 bits per heavy atom. The van der Waals surface area contributed by atoms with Gasteiger partial charge in [0, 0.05) is 22.8 Å². The predicted octanol–water partition coefficient (Wildman–Crippen LogP) is 2.51. The van der Waals surface area contributed by atoms with Crippen molar-refractivity contribution in [3.63, 3.8) is 0 Å². The number of aryl methyl sites for hydroxylation is 1. The molecule has 3 heteroatoms. The molecule has 0 saturated carbocycles. The van der Waals surface area contributed by atoms with E-state index in [1.165, 1.54) is 9.75 Å². The van der Waals surface area contributed by atoms with Crippen molar-refractivity contribution in [2.24, 2.45) is 5.92 Å². The van der Waals surface area contributed by atoms with E-state index >= 15 is 0 Å². The molecule has 0 amide bonds. The molecule has 2 atom stereocenters. The zero-order valence-corrected chi connectivity index (χ0v) is 11.0. The molecule has 0 spiro atoms. The molecule has 2 heterocycles. The van der Waals surface area contributed by atoms with Crippen LogP contribution in [0.5, 0.6) is 0 Å². The highest BCUT2D eigenvalue weighted by atomic mass is 32.1. The summed E-state index contributed by atoms with van der Waals surface area (Å²) in [5, 5.41) is 9.84. The molecule has 1 saturated heterocycles. The third kappa shape index (κ3) is 2.84. The van der Waals surface area contributed by atoms with Crippen molar-refractivity contribution in [1.82, 2.24) is 4.90 Å². The first kappa shape index (κ1) is 12.1. The van der Waals surface area contributed by atoms with Crippen LogP contribution in [0.4, 0.5) is 0 Å². The fourth-order valence-corrected chi connectivity index (χ4v) is 3.18. The van der Waals surface area contributed by atoms with Gasteiger partial charge >= 0.3 is 0 Å². The molecule has 1 N–H and O–H groups in total. The van der Waals surface area contributed by atoms with E-state index in [9.17, 15) is 5.11 Å². The second-order valence-electron chi connectivity index (χ2n) is 4.79. The van der Waals surface area contributed by atoms with Gasteiger partial charge in [-0.2, -0.15) is 0 Å². The maximum absolute atomic E-state index is 9.84. The summed E-state index contributed by atoms with van der Waals surface area (Å²) in [5.74, 6) is 0.464. The van der Waals surface area contributed by atoms with E-state index in [1.54, 1.807) is 0 Å². The molecule has 90 valence electrons. The monoisotopic (exact) mass is 239 g/mol. The summed E-state index contributed by atoms with van der Waals surface area (Å²) >= 11 is 1.91. The number of hydrogen-bond acceptors (Lipinski definition) is 3. The van der Waals surface area contributed by atoms with Gasteiger partial charge in [-0.3, -0.25) is 4.90 Å². The number of β-amino-alcohol motifs (C(OH)–C–C–N with tert-alkyl or cyclic N) is 1. The Morgan fingerprint density at radius 2 is 2.19 bits per heavy atom. The summed E-state index contributed by atoms with van der Waals surface area (Å²) in [7, 11) is 0. The van der Waals surface area contributed by atoms with Gasteiger partial charge in [0.1, 0.15) is 0 Å². The Labute approximate surface area is 102 Å². The third-order valence-corrected chi connectivity index (χ3v) is 4.66. The quantitative estimate of drug-likeness (QED) is 0.876. The highest BCUT2D eigenvalue weighted by Gasteiger charge is 2.24. The number of thiophene rings is 1. The van der Waals surface area contributed by atoms with Gasteiger partial charge < -0.3 is 5.11 Å². The zero-order chi connectivity index (χ0) is 11.5. The second kappa shape index (κ2) is 5.30. The van der Waals surface area contributed by atoms with Gasteiger partial charge in [-0.05, 0) is 37.4 Å². The van der Waals surface area contributed by atoms with E-state index in [0.717, 1.165) is 32.5 Å². The molecule has 1 aliphatic rings. The maximum atomic E-state index is 9.84. The van der Waals surface area contributed by atoms with Crippen LogP contribution in [-0.4, -0.2) is 29.2 Å². The van der Waals surface area contributed by atoms with Gasteiger partial charge in [0.2, 0.25) is 0 Å². The lowest BCUT2D eigenvalue weighted by Gasteiger charge is -2.33. The second-order valence-corrected chi connectivity index (χ2v) is 6.04. The topological polar surface area (TPSA) is 23.5 Å². The summed E-state index contributed by atoms with van der Waals surface area (Å²) in [6.45, 7) is 7.30. The molecule has 0 aliphatic carbocycles. The predicted molar refractivity (Wildman–Crippen MR) is 68.8 cm³/mol. The Bertz CT molecular complexity index is 336. The van der Waals surface area contributed by atoms with Crippen LogP contribution in [0, 0.1) is 5.92 Å². The van der Waals surface area contributed by atoms with Crippen molar-refractivity contribution in [1.29, 1.82) is 0 Å². The molecule has 2 rings (SSSR count). The lowest BCUT2D eigenvalue weighted by atomic mass is 9.96. The number of likely N-dealkylation sites (tertiary alicyclic amines) is 1. The molecule has 16 heavy (non-hydrogen) atoms. The van der Waals surface area contributed by atoms with Crippen LogP contribution in [0.25, 0.3) is 0 Å². The van der Waals surface area contributed by atoms with Gasteiger partial charge in [0.25, 0.3) is 0 Å². The smallest absolute Gasteiger partial charge is 0.0693 e. The van der Waals surface area contributed by atoms with E-state index in [0.29, 0.717) is 5.92 Å². The minimum Gasteiger partial charge on any atom is -0.392 e. The zero-order valence-electron chi connectivity index (χ0n) is 10.1. The largest absolute Gasteiger partial charge is 0.392 e. The van der Waals surface area contributed by atoms with E-state index < -0.39 is 0 Å². The van der Waals surface area contributed by atoms with Crippen LogP contribution in [0.3, 0.4) is 0 Å². The van der Waals surface area contributed by atoms with Gasteiger partial charge in [-0.1, -0.05) is 13.8 Å². The molecular formula is C13H21NOS. The van der Waals surface area contributed by atoms with E-state index in [1.807, 2.05) is 11.3 Å². The molecule has 1 aliphatic heterocycles. The average Bonchev–Trinajstić information content (AvgIpc) is 2.71. The molecular weight excluding hydrogens is 218 g/mol. The molecule has 2 unspecified atom stereocenters. The average molecular weight is 239 g/mol. The summed E-state index contributed by atoms with van der Waals surface area (Å²) in [6.07, 6.45) is 2.11. The van der Waals surface area contributed by atoms with Crippen LogP contribution >= 0.6 is 11.3 Å². The maximum Gasteiger partial charge on any atom is 0.0693 e. The minimum absolute atomic E-state index is 0.139. The summed E-state index contributed by atoms with van der Waals surface area (Å²) in [4.78, 5) is 5.26. The summed E-state index contributed by atoms with van der Waals surface area (Å²) in [6, 6.07) is 4.46. The summed E-state index contributed by atoms with van der Waals surface area (Å²) in [5.41, 5.74) is 0. The first-order valence-corrected chi connectivity index (χ1v) is 6.98. The molecule has 1 aromatic heterocycles. The molecule has 0 bridgehead atoms. The fourth-order valence-electron chi connectivity index (χ4n) is 2.18. The SMILES string of the molecule is CCc1ccc(CN2CCC(C)C(O)C2)s1. The number of hydrogen-bond donors (Lipinski definition) is 1. The highest BCUT2D eigenvalue weighted by molar-refractivity contribution is 7.11. The lowest BCUT2D eigenvalue weighted by Crippen LogP contribution is -2.42. The van der Waals surface area contributed by atoms with Gasteiger partial charge in [-0.25, -0.2) is 0 Å².